The highest BCUT2D eigenvalue weighted by atomic mass is 16.5. The van der Waals surface area contributed by atoms with Crippen molar-refractivity contribution < 1.29 is 9.47 Å². The molecule has 0 unspecified atom stereocenters. The molecular formula is C12H14O2. The maximum Gasteiger partial charge on any atom is 0.126 e. The van der Waals surface area contributed by atoms with Crippen molar-refractivity contribution in [2.24, 2.45) is 0 Å². The van der Waals surface area contributed by atoms with Gasteiger partial charge in [-0.25, -0.2) is 0 Å². The number of rotatable bonds is 2. The molecule has 0 heterocycles. The van der Waals surface area contributed by atoms with E-state index in [1.165, 1.54) is 16.7 Å². The van der Waals surface area contributed by atoms with Gasteiger partial charge in [-0.15, -0.1) is 0 Å². The van der Waals surface area contributed by atoms with Gasteiger partial charge < -0.3 is 9.47 Å². The molecule has 0 saturated carbocycles. The highest BCUT2D eigenvalue weighted by Gasteiger charge is 2.18. The van der Waals surface area contributed by atoms with Crippen molar-refractivity contribution >= 4 is 6.08 Å². The summed E-state index contributed by atoms with van der Waals surface area (Å²) in [6.07, 6.45) is 3.13. The van der Waals surface area contributed by atoms with Crippen LogP contribution in [0, 0.1) is 0 Å². The number of hydrogen-bond acceptors (Lipinski definition) is 2. The second-order valence-electron chi connectivity index (χ2n) is 3.53. The van der Waals surface area contributed by atoms with Gasteiger partial charge in [0.05, 0.1) is 14.2 Å². The standard InChI is InChI=1S/C12H14O2/c1-8-6-9-10(7-8)12(14-3)5-4-11(9)13-2/h4-6H,7H2,1-3H3. The highest BCUT2D eigenvalue weighted by molar-refractivity contribution is 5.71. The molecule has 0 spiro atoms. The Kier molecular flexibility index (Phi) is 2.20. The Balaban J connectivity index is 2.57. The largest absolute Gasteiger partial charge is 0.496 e. The lowest BCUT2D eigenvalue weighted by Gasteiger charge is -2.10. The SMILES string of the molecule is COc1ccc(OC)c2c1C=C(C)C2. The molecule has 1 aromatic rings. The van der Waals surface area contributed by atoms with E-state index in [4.69, 9.17) is 9.47 Å². The Labute approximate surface area is 84.2 Å². The number of benzene rings is 1. The monoisotopic (exact) mass is 190 g/mol. The van der Waals surface area contributed by atoms with Gasteiger partial charge in [0.25, 0.3) is 0 Å². The first-order chi connectivity index (χ1) is 6.76. The second kappa shape index (κ2) is 3.37. The van der Waals surface area contributed by atoms with Gasteiger partial charge >= 0.3 is 0 Å². The van der Waals surface area contributed by atoms with Crippen molar-refractivity contribution in [3.05, 3.63) is 28.8 Å². The van der Waals surface area contributed by atoms with Crippen molar-refractivity contribution in [2.45, 2.75) is 13.3 Å². The molecule has 0 radical (unpaired) electrons. The fraction of sp³-hybridized carbons (Fsp3) is 0.333. The van der Waals surface area contributed by atoms with Crippen LogP contribution in [0.4, 0.5) is 0 Å². The van der Waals surface area contributed by atoms with E-state index in [-0.39, 0.29) is 0 Å². The minimum Gasteiger partial charge on any atom is -0.496 e. The van der Waals surface area contributed by atoms with Crippen LogP contribution in [-0.4, -0.2) is 14.2 Å². The third kappa shape index (κ3) is 1.27. The Morgan fingerprint density at radius 3 is 2.36 bits per heavy atom. The smallest absolute Gasteiger partial charge is 0.126 e. The van der Waals surface area contributed by atoms with Gasteiger partial charge in [0.1, 0.15) is 11.5 Å². The Hall–Kier alpha value is -1.44. The zero-order valence-corrected chi connectivity index (χ0v) is 8.76. The van der Waals surface area contributed by atoms with Crippen molar-refractivity contribution in [1.29, 1.82) is 0 Å². The minimum atomic E-state index is 0.928. The lowest BCUT2D eigenvalue weighted by Crippen LogP contribution is -1.94. The van der Waals surface area contributed by atoms with E-state index >= 15 is 0 Å². The van der Waals surface area contributed by atoms with Crippen LogP contribution >= 0.6 is 0 Å². The molecule has 1 aliphatic rings. The molecule has 0 bridgehead atoms. The summed E-state index contributed by atoms with van der Waals surface area (Å²) in [6.45, 7) is 2.12. The average Bonchev–Trinajstić information content (AvgIpc) is 2.57. The Morgan fingerprint density at radius 2 is 1.71 bits per heavy atom. The van der Waals surface area contributed by atoms with Crippen LogP contribution in [0.25, 0.3) is 6.08 Å². The average molecular weight is 190 g/mol. The van der Waals surface area contributed by atoms with Crippen molar-refractivity contribution in [3.63, 3.8) is 0 Å². The molecule has 0 fully saturated rings. The molecule has 0 atom stereocenters. The van der Waals surface area contributed by atoms with Crippen molar-refractivity contribution in [3.8, 4) is 11.5 Å². The maximum atomic E-state index is 5.32. The third-order valence-corrected chi connectivity index (χ3v) is 2.56. The minimum absolute atomic E-state index is 0.928. The van der Waals surface area contributed by atoms with E-state index in [1.54, 1.807) is 14.2 Å². The van der Waals surface area contributed by atoms with Crippen LogP contribution in [0.2, 0.25) is 0 Å². The summed E-state index contributed by atoms with van der Waals surface area (Å²) in [4.78, 5) is 0. The van der Waals surface area contributed by atoms with E-state index in [0.29, 0.717) is 0 Å². The van der Waals surface area contributed by atoms with Gasteiger partial charge in [0.15, 0.2) is 0 Å². The molecule has 0 N–H and O–H groups in total. The molecule has 0 saturated heterocycles. The number of allylic oxidation sites excluding steroid dienone is 1. The quantitative estimate of drug-likeness (QED) is 0.713. The summed E-state index contributed by atoms with van der Waals surface area (Å²) in [5.74, 6) is 1.88. The second-order valence-corrected chi connectivity index (χ2v) is 3.53. The first kappa shape index (κ1) is 9.13. The number of fused-ring (bicyclic) bond motifs is 1. The molecule has 1 aliphatic carbocycles. The lowest BCUT2D eigenvalue weighted by atomic mass is 10.1. The predicted molar refractivity (Wildman–Crippen MR) is 56.9 cm³/mol. The van der Waals surface area contributed by atoms with Gasteiger partial charge in [-0.3, -0.25) is 0 Å². The van der Waals surface area contributed by atoms with Crippen LogP contribution in [0.15, 0.2) is 17.7 Å². The summed E-state index contributed by atoms with van der Waals surface area (Å²) >= 11 is 0. The molecule has 74 valence electrons. The summed E-state index contributed by atoms with van der Waals surface area (Å²) in [7, 11) is 3.40. The fourth-order valence-corrected chi connectivity index (χ4v) is 1.91. The molecule has 0 aromatic heterocycles. The number of hydrogen-bond donors (Lipinski definition) is 0. The molecule has 1 aromatic carbocycles. The molecule has 2 heteroatoms. The van der Waals surface area contributed by atoms with Gasteiger partial charge in [-0.2, -0.15) is 0 Å². The summed E-state index contributed by atoms with van der Waals surface area (Å²) < 4.78 is 10.6. The Bertz CT molecular complexity index is 392. The number of methoxy groups -OCH3 is 2. The Morgan fingerprint density at radius 1 is 1.07 bits per heavy atom. The third-order valence-electron chi connectivity index (χ3n) is 2.56. The van der Waals surface area contributed by atoms with Crippen molar-refractivity contribution in [2.75, 3.05) is 14.2 Å². The van der Waals surface area contributed by atoms with Crippen molar-refractivity contribution in [1.82, 2.24) is 0 Å². The van der Waals surface area contributed by atoms with Crippen LogP contribution in [0.1, 0.15) is 18.1 Å². The first-order valence-electron chi connectivity index (χ1n) is 4.67. The fourth-order valence-electron chi connectivity index (χ4n) is 1.91. The first-order valence-corrected chi connectivity index (χ1v) is 4.67. The lowest BCUT2D eigenvalue weighted by molar-refractivity contribution is 0.399. The maximum absolute atomic E-state index is 5.32. The van der Waals surface area contributed by atoms with Gasteiger partial charge in [0.2, 0.25) is 0 Å². The molecule has 2 rings (SSSR count). The summed E-state index contributed by atoms with van der Waals surface area (Å²) in [5.41, 5.74) is 3.76. The number of ether oxygens (including phenoxy) is 2. The van der Waals surface area contributed by atoms with Crippen LogP contribution in [0.5, 0.6) is 11.5 Å². The highest BCUT2D eigenvalue weighted by Crippen LogP contribution is 2.38. The van der Waals surface area contributed by atoms with Crippen LogP contribution in [0.3, 0.4) is 0 Å². The zero-order valence-electron chi connectivity index (χ0n) is 8.76. The van der Waals surface area contributed by atoms with E-state index in [9.17, 15) is 0 Å². The molecule has 0 aliphatic heterocycles. The summed E-state index contributed by atoms with van der Waals surface area (Å²) in [5, 5.41) is 0. The van der Waals surface area contributed by atoms with Crippen LogP contribution in [-0.2, 0) is 6.42 Å². The zero-order chi connectivity index (χ0) is 10.1. The van der Waals surface area contributed by atoms with E-state index in [2.05, 4.69) is 13.0 Å². The van der Waals surface area contributed by atoms with Crippen LogP contribution < -0.4 is 9.47 Å². The van der Waals surface area contributed by atoms with E-state index in [1.807, 2.05) is 12.1 Å². The topological polar surface area (TPSA) is 18.5 Å². The van der Waals surface area contributed by atoms with Gasteiger partial charge in [-0.1, -0.05) is 11.6 Å². The molecule has 2 nitrogen and oxygen atoms in total. The van der Waals surface area contributed by atoms with E-state index in [0.717, 1.165) is 17.9 Å². The molecule has 0 amide bonds. The predicted octanol–water partition coefficient (Wildman–Crippen LogP) is 2.66. The van der Waals surface area contributed by atoms with Gasteiger partial charge in [-0.05, 0) is 25.5 Å². The molecule has 14 heavy (non-hydrogen) atoms. The molecular weight excluding hydrogens is 176 g/mol. The van der Waals surface area contributed by atoms with E-state index < -0.39 is 0 Å². The van der Waals surface area contributed by atoms with Gasteiger partial charge in [0, 0.05) is 11.1 Å². The summed E-state index contributed by atoms with van der Waals surface area (Å²) in [6, 6.07) is 3.91. The normalized spacial score (nSPS) is 13.5.